The van der Waals surface area contributed by atoms with E-state index in [0.717, 1.165) is 10.9 Å². The average molecular weight is 594 g/mol. The molecule has 1 aliphatic rings. The quantitative estimate of drug-likeness (QED) is 0.204. The van der Waals surface area contributed by atoms with Crippen LogP contribution in [0.25, 0.3) is 0 Å². The van der Waals surface area contributed by atoms with Gasteiger partial charge in [0.15, 0.2) is 18.5 Å². The van der Waals surface area contributed by atoms with Gasteiger partial charge in [-0.3, -0.25) is 14.4 Å². The Morgan fingerprint density at radius 3 is 1.86 bits per heavy atom. The molecule has 3 aromatic carbocycles. The van der Waals surface area contributed by atoms with Crippen molar-refractivity contribution in [3.63, 3.8) is 0 Å². The van der Waals surface area contributed by atoms with Crippen LogP contribution in [0.5, 0.6) is 0 Å². The van der Waals surface area contributed by atoms with Gasteiger partial charge in [0.25, 0.3) is 0 Å². The molecule has 0 aliphatic carbocycles. The van der Waals surface area contributed by atoms with Crippen LogP contribution >= 0.6 is 7.92 Å². The molecule has 1 saturated heterocycles. The van der Waals surface area contributed by atoms with E-state index in [1.54, 1.807) is 0 Å². The monoisotopic (exact) mass is 593 g/mol. The van der Waals surface area contributed by atoms with Crippen molar-refractivity contribution in [2.24, 2.45) is 0 Å². The fraction of sp³-hybridized carbons (Fsp3) is 0.344. The number of hydrogen-bond acceptors (Lipinski definition) is 9. The molecule has 0 radical (unpaired) electrons. The number of rotatable bonds is 11. The summed E-state index contributed by atoms with van der Waals surface area (Å²) >= 11 is 0. The number of esters is 3. The maximum absolute atomic E-state index is 12.2. The average Bonchev–Trinajstić information content (AvgIpc) is 2.98. The van der Waals surface area contributed by atoms with Gasteiger partial charge in [-0.05, 0) is 29.4 Å². The van der Waals surface area contributed by atoms with Crippen LogP contribution in [0.2, 0.25) is 0 Å². The highest BCUT2D eigenvalue weighted by atomic mass is 31.1. The number of nitrogens with one attached hydrogen (secondary N) is 1. The van der Waals surface area contributed by atoms with E-state index in [9.17, 15) is 14.4 Å². The first-order chi connectivity index (χ1) is 20.3. The largest absolute Gasteiger partial charge is 0.463 e. The van der Waals surface area contributed by atoms with E-state index in [-0.39, 0.29) is 6.61 Å². The molecule has 1 fully saturated rings. The van der Waals surface area contributed by atoms with Crippen molar-refractivity contribution >= 4 is 41.7 Å². The third kappa shape index (κ3) is 8.01. The normalized spacial score (nSPS) is 21.9. The number of benzene rings is 3. The molecule has 0 bridgehead atoms. The van der Waals surface area contributed by atoms with Crippen molar-refractivity contribution < 1.29 is 38.1 Å². The third-order valence-corrected chi connectivity index (χ3v) is 9.27. The Kier molecular flexibility index (Phi) is 11.2. The first kappa shape index (κ1) is 31.3. The molecule has 42 heavy (non-hydrogen) atoms. The molecule has 10 heteroatoms. The van der Waals surface area contributed by atoms with E-state index in [2.05, 4.69) is 41.7 Å². The molecule has 0 amide bonds. The standard InChI is InChI=1S/C32H36NO8P/c1-21(34)38-20-27-30(39-22(2)35)31(40-23(3)36)29(32(37-4)41-27)33-19-24-13-11-12-18-28(24)42(25-14-7-5-8-15-25)26-16-9-6-10-17-26/h5-18,27,29-33H,19-20H2,1-4H3/t27-,29-,30-,31-,32-/m1/s1. The van der Waals surface area contributed by atoms with Crippen LogP contribution in [0, 0.1) is 0 Å². The minimum Gasteiger partial charge on any atom is -0.463 e. The van der Waals surface area contributed by atoms with Crippen LogP contribution in [0.15, 0.2) is 84.9 Å². The first-order valence-corrected chi connectivity index (χ1v) is 15.0. The van der Waals surface area contributed by atoms with Crippen LogP contribution < -0.4 is 21.2 Å². The topological polar surface area (TPSA) is 109 Å². The Labute approximate surface area is 247 Å². The summed E-state index contributed by atoms with van der Waals surface area (Å²) in [5.41, 5.74) is 1.04. The van der Waals surface area contributed by atoms with Gasteiger partial charge in [0.1, 0.15) is 12.7 Å². The molecule has 1 heterocycles. The van der Waals surface area contributed by atoms with Crippen molar-refractivity contribution in [3.05, 3.63) is 90.5 Å². The van der Waals surface area contributed by atoms with Crippen molar-refractivity contribution in [1.82, 2.24) is 5.32 Å². The van der Waals surface area contributed by atoms with E-state index in [1.807, 2.05) is 48.5 Å². The first-order valence-electron chi connectivity index (χ1n) is 13.7. The molecule has 4 rings (SSSR count). The maximum Gasteiger partial charge on any atom is 0.303 e. The summed E-state index contributed by atoms with van der Waals surface area (Å²) in [6.07, 6.45) is -3.85. The number of hydrogen-bond donors (Lipinski definition) is 1. The van der Waals surface area contributed by atoms with Crippen LogP contribution in [-0.2, 0) is 44.6 Å². The summed E-state index contributed by atoms with van der Waals surface area (Å²) in [7, 11) is 0.589. The minimum absolute atomic E-state index is 0.209. The highest BCUT2D eigenvalue weighted by Gasteiger charge is 2.50. The SMILES string of the molecule is CO[C@@H]1O[C@H](COC(C)=O)[C@@H](OC(C)=O)[C@H](OC(C)=O)[C@H]1NCc1ccccc1P(c1ccccc1)c1ccccc1. The lowest BCUT2D eigenvalue weighted by Crippen LogP contribution is -2.65. The van der Waals surface area contributed by atoms with E-state index in [1.165, 1.54) is 38.5 Å². The number of carbonyl (C=O) groups is 3. The third-order valence-electron chi connectivity index (χ3n) is 6.72. The van der Waals surface area contributed by atoms with E-state index >= 15 is 0 Å². The van der Waals surface area contributed by atoms with E-state index in [4.69, 9.17) is 23.7 Å². The molecule has 0 unspecified atom stereocenters. The lowest BCUT2D eigenvalue weighted by molar-refractivity contribution is -0.272. The Bertz CT molecular complexity index is 1300. The summed E-state index contributed by atoms with van der Waals surface area (Å²) in [6.45, 7) is 3.97. The van der Waals surface area contributed by atoms with Gasteiger partial charge in [0, 0.05) is 34.4 Å². The molecule has 5 atom stereocenters. The van der Waals surface area contributed by atoms with Crippen molar-refractivity contribution in [2.45, 2.75) is 58.0 Å². The van der Waals surface area contributed by atoms with Gasteiger partial charge < -0.3 is 29.0 Å². The number of methoxy groups -OCH3 is 1. The number of ether oxygens (including phenoxy) is 5. The van der Waals surface area contributed by atoms with E-state index < -0.39 is 56.5 Å². The lowest BCUT2D eigenvalue weighted by Gasteiger charge is -2.45. The molecule has 0 aromatic heterocycles. The molecular weight excluding hydrogens is 557 g/mol. The van der Waals surface area contributed by atoms with Crippen molar-refractivity contribution in [2.75, 3.05) is 13.7 Å². The zero-order valence-electron chi connectivity index (χ0n) is 24.1. The van der Waals surface area contributed by atoms with Gasteiger partial charge >= 0.3 is 17.9 Å². The van der Waals surface area contributed by atoms with Crippen molar-refractivity contribution in [3.8, 4) is 0 Å². The van der Waals surface area contributed by atoms with E-state index in [0.29, 0.717) is 6.54 Å². The predicted octanol–water partition coefficient (Wildman–Crippen LogP) is 2.70. The zero-order chi connectivity index (χ0) is 30.1. The fourth-order valence-electron chi connectivity index (χ4n) is 5.01. The summed E-state index contributed by atoms with van der Waals surface area (Å²) in [5.74, 6) is -1.68. The highest BCUT2D eigenvalue weighted by Crippen LogP contribution is 2.34. The predicted molar refractivity (Wildman–Crippen MR) is 159 cm³/mol. The van der Waals surface area contributed by atoms with Crippen molar-refractivity contribution in [1.29, 1.82) is 0 Å². The molecule has 1 N–H and O–H groups in total. The van der Waals surface area contributed by atoms with Crippen LogP contribution in [0.4, 0.5) is 0 Å². The Balaban J connectivity index is 1.67. The summed E-state index contributed by atoms with van der Waals surface area (Å²) in [6, 6.07) is 28.2. The second-order valence-corrected chi connectivity index (χ2v) is 12.0. The van der Waals surface area contributed by atoms with Gasteiger partial charge in [-0.2, -0.15) is 0 Å². The smallest absolute Gasteiger partial charge is 0.303 e. The molecule has 0 saturated carbocycles. The molecule has 222 valence electrons. The molecular formula is C32H36NO8P. The molecule has 3 aromatic rings. The lowest BCUT2D eigenvalue weighted by atomic mass is 9.96. The zero-order valence-corrected chi connectivity index (χ0v) is 25.0. The fourth-order valence-corrected chi connectivity index (χ4v) is 7.48. The van der Waals surface area contributed by atoms with Crippen LogP contribution in [0.3, 0.4) is 0 Å². The second-order valence-electron chi connectivity index (χ2n) is 9.77. The summed E-state index contributed by atoms with van der Waals surface area (Å²) in [5, 5.41) is 7.05. The van der Waals surface area contributed by atoms with Gasteiger partial charge in [0.2, 0.25) is 0 Å². The number of carbonyl (C=O) groups excluding carboxylic acids is 3. The van der Waals surface area contributed by atoms with Gasteiger partial charge in [-0.1, -0.05) is 84.9 Å². The minimum atomic E-state index is -1.05. The Morgan fingerprint density at radius 1 is 0.762 bits per heavy atom. The molecule has 9 nitrogen and oxygen atoms in total. The Morgan fingerprint density at radius 2 is 1.31 bits per heavy atom. The van der Waals surface area contributed by atoms with Crippen LogP contribution in [0.1, 0.15) is 26.3 Å². The molecule has 1 aliphatic heterocycles. The van der Waals surface area contributed by atoms with Gasteiger partial charge in [-0.15, -0.1) is 0 Å². The second kappa shape index (κ2) is 15.0. The Hall–Kier alpha value is -3.62. The highest BCUT2D eigenvalue weighted by molar-refractivity contribution is 7.79. The summed E-state index contributed by atoms with van der Waals surface area (Å²) in [4.78, 5) is 35.8. The van der Waals surface area contributed by atoms with Gasteiger partial charge in [-0.25, -0.2) is 0 Å². The van der Waals surface area contributed by atoms with Gasteiger partial charge in [0.05, 0.1) is 6.04 Å². The van der Waals surface area contributed by atoms with Crippen LogP contribution in [-0.4, -0.2) is 62.3 Å². The maximum atomic E-state index is 12.2. The summed E-state index contributed by atoms with van der Waals surface area (Å²) < 4.78 is 28.2. The molecule has 0 spiro atoms.